The molecule has 2 aromatic carbocycles. The smallest absolute Gasteiger partial charge is 0.120 e. The fourth-order valence-electron chi connectivity index (χ4n) is 2.00. The number of nitrogens with two attached hydrogens (primary N) is 2. The third kappa shape index (κ3) is 2.69. The molecular weight excluding hydrogens is 236 g/mol. The first-order valence-electron chi connectivity index (χ1n) is 5.40. The highest BCUT2D eigenvalue weighted by Crippen LogP contribution is 2.32. The number of fused-ring (bicyclic) bond motifs is 1. The predicted octanol–water partition coefficient (Wildman–Crippen LogP) is 2.32. The van der Waals surface area contributed by atoms with Crippen LogP contribution in [0.3, 0.4) is 0 Å². The van der Waals surface area contributed by atoms with Crippen LogP contribution in [0.15, 0.2) is 36.4 Å². The topological polar surface area (TPSA) is 72.3 Å². The summed E-state index contributed by atoms with van der Waals surface area (Å²) in [6.45, 7) is 0.518. The fraction of sp³-hybridized carbons (Fsp3) is 0.231. The lowest BCUT2D eigenvalue weighted by molar-refractivity contribution is 0.461. The first kappa shape index (κ1) is 13.8. The number of aromatic hydroxyl groups is 1. The SMILES string of the molecule is Cl.NCC[C@@H](N)c1c(O)ccc2ccccc12. The second-order valence-electron chi connectivity index (χ2n) is 3.90. The average molecular weight is 253 g/mol. The Kier molecular flexibility index (Phi) is 4.75. The minimum atomic E-state index is -0.212. The zero-order chi connectivity index (χ0) is 11.5. The third-order valence-corrected chi connectivity index (χ3v) is 2.80. The van der Waals surface area contributed by atoms with Crippen molar-refractivity contribution in [1.29, 1.82) is 0 Å². The lowest BCUT2D eigenvalue weighted by Gasteiger charge is -2.15. The molecule has 0 unspecified atom stereocenters. The number of phenolic OH excluding ortho intramolecular Hbond substituents is 1. The Balaban J connectivity index is 0.00000144. The molecule has 0 aliphatic rings. The summed E-state index contributed by atoms with van der Waals surface area (Å²) < 4.78 is 0. The van der Waals surface area contributed by atoms with Crippen LogP contribution in [0.4, 0.5) is 0 Å². The maximum Gasteiger partial charge on any atom is 0.120 e. The van der Waals surface area contributed by atoms with Crippen molar-refractivity contribution in [2.24, 2.45) is 11.5 Å². The average Bonchev–Trinajstić information content (AvgIpc) is 2.29. The normalized spacial score (nSPS) is 12.1. The van der Waals surface area contributed by atoms with Crippen LogP contribution in [-0.4, -0.2) is 11.7 Å². The summed E-state index contributed by atoms with van der Waals surface area (Å²) in [4.78, 5) is 0. The van der Waals surface area contributed by atoms with Gasteiger partial charge in [0.15, 0.2) is 0 Å². The standard InChI is InChI=1S/C13H16N2O.ClH/c14-8-7-11(15)13-10-4-2-1-3-9(10)5-6-12(13)16;/h1-6,11,16H,7-8,14-15H2;1H/t11-;/m1./s1. The molecule has 0 spiro atoms. The van der Waals surface area contributed by atoms with E-state index in [9.17, 15) is 5.11 Å². The van der Waals surface area contributed by atoms with E-state index in [1.54, 1.807) is 6.07 Å². The van der Waals surface area contributed by atoms with E-state index in [0.29, 0.717) is 13.0 Å². The lowest BCUT2D eigenvalue weighted by Crippen LogP contribution is -2.15. The van der Waals surface area contributed by atoms with E-state index in [2.05, 4.69) is 0 Å². The minimum absolute atomic E-state index is 0. The highest BCUT2D eigenvalue weighted by Gasteiger charge is 2.13. The van der Waals surface area contributed by atoms with Crippen LogP contribution in [0.5, 0.6) is 5.75 Å². The molecule has 92 valence electrons. The van der Waals surface area contributed by atoms with E-state index in [1.807, 2.05) is 30.3 Å². The van der Waals surface area contributed by atoms with Gasteiger partial charge in [-0.05, 0) is 29.8 Å². The first-order chi connectivity index (χ1) is 7.74. The summed E-state index contributed by atoms with van der Waals surface area (Å²) in [5, 5.41) is 12.0. The molecule has 0 saturated carbocycles. The Bertz CT molecular complexity index is 502. The van der Waals surface area contributed by atoms with Crippen molar-refractivity contribution in [3.63, 3.8) is 0 Å². The predicted molar refractivity (Wildman–Crippen MR) is 73.5 cm³/mol. The van der Waals surface area contributed by atoms with E-state index in [-0.39, 0.29) is 24.2 Å². The summed E-state index contributed by atoms with van der Waals surface area (Å²) in [6.07, 6.45) is 0.668. The second kappa shape index (κ2) is 5.87. The van der Waals surface area contributed by atoms with Crippen LogP contribution >= 0.6 is 12.4 Å². The van der Waals surface area contributed by atoms with E-state index in [4.69, 9.17) is 11.5 Å². The molecule has 3 nitrogen and oxygen atoms in total. The van der Waals surface area contributed by atoms with Gasteiger partial charge in [0.05, 0.1) is 0 Å². The Morgan fingerprint density at radius 1 is 1.12 bits per heavy atom. The Labute approximate surface area is 107 Å². The van der Waals surface area contributed by atoms with Crippen molar-refractivity contribution in [3.05, 3.63) is 42.0 Å². The molecular formula is C13H17ClN2O. The largest absolute Gasteiger partial charge is 0.508 e. The second-order valence-corrected chi connectivity index (χ2v) is 3.90. The molecule has 1 atom stereocenters. The number of hydrogen-bond acceptors (Lipinski definition) is 3. The van der Waals surface area contributed by atoms with E-state index in [1.165, 1.54) is 0 Å². The van der Waals surface area contributed by atoms with Gasteiger partial charge in [0.1, 0.15) is 5.75 Å². The molecule has 4 heteroatoms. The van der Waals surface area contributed by atoms with Gasteiger partial charge in [-0.1, -0.05) is 30.3 Å². The molecule has 0 heterocycles. The van der Waals surface area contributed by atoms with Gasteiger partial charge in [-0.2, -0.15) is 0 Å². The Morgan fingerprint density at radius 2 is 1.82 bits per heavy atom. The molecule has 0 aromatic heterocycles. The maximum atomic E-state index is 9.88. The summed E-state index contributed by atoms with van der Waals surface area (Å²) in [7, 11) is 0. The van der Waals surface area contributed by atoms with Gasteiger partial charge >= 0.3 is 0 Å². The van der Waals surface area contributed by atoms with Crippen LogP contribution in [-0.2, 0) is 0 Å². The Morgan fingerprint density at radius 3 is 2.53 bits per heavy atom. The summed E-state index contributed by atoms with van der Waals surface area (Å²) >= 11 is 0. The number of hydrogen-bond donors (Lipinski definition) is 3. The molecule has 0 bridgehead atoms. The van der Waals surface area contributed by atoms with Gasteiger partial charge < -0.3 is 16.6 Å². The summed E-state index contributed by atoms with van der Waals surface area (Å²) in [5.74, 6) is 0.250. The maximum absolute atomic E-state index is 9.88. The number of benzene rings is 2. The number of halogens is 1. The van der Waals surface area contributed by atoms with Crippen LogP contribution < -0.4 is 11.5 Å². The molecule has 0 fully saturated rings. The third-order valence-electron chi connectivity index (χ3n) is 2.80. The molecule has 2 aromatic rings. The van der Waals surface area contributed by atoms with Gasteiger partial charge in [-0.3, -0.25) is 0 Å². The van der Waals surface area contributed by atoms with E-state index >= 15 is 0 Å². The molecule has 0 aliphatic carbocycles. The van der Waals surface area contributed by atoms with Gasteiger partial charge in [0, 0.05) is 11.6 Å². The van der Waals surface area contributed by atoms with E-state index < -0.39 is 0 Å². The molecule has 0 radical (unpaired) electrons. The fourth-order valence-corrected chi connectivity index (χ4v) is 2.00. The zero-order valence-corrected chi connectivity index (χ0v) is 10.3. The van der Waals surface area contributed by atoms with Crippen molar-refractivity contribution in [1.82, 2.24) is 0 Å². The van der Waals surface area contributed by atoms with Crippen molar-refractivity contribution in [2.75, 3.05) is 6.54 Å². The van der Waals surface area contributed by atoms with Crippen molar-refractivity contribution in [3.8, 4) is 5.75 Å². The highest BCUT2D eigenvalue weighted by molar-refractivity contribution is 5.88. The molecule has 0 amide bonds. The first-order valence-corrected chi connectivity index (χ1v) is 5.40. The Hall–Kier alpha value is -1.29. The molecule has 0 saturated heterocycles. The van der Waals surface area contributed by atoms with Crippen LogP contribution in [0, 0.1) is 0 Å². The molecule has 5 N–H and O–H groups in total. The van der Waals surface area contributed by atoms with Gasteiger partial charge in [-0.15, -0.1) is 12.4 Å². The van der Waals surface area contributed by atoms with Gasteiger partial charge in [0.25, 0.3) is 0 Å². The van der Waals surface area contributed by atoms with Gasteiger partial charge in [0.2, 0.25) is 0 Å². The van der Waals surface area contributed by atoms with Crippen molar-refractivity contribution < 1.29 is 5.11 Å². The number of rotatable bonds is 3. The van der Waals surface area contributed by atoms with Crippen molar-refractivity contribution >= 4 is 23.2 Å². The van der Waals surface area contributed by atoms with Crippen LogP contribution in [0.1, 0.15) is 18.0 Å². The van der Waals surface area contributed by atoms with Gasteiger partial charge in [-0.25, -0.2) is 0 Å². The monoisotopic (exact) mass is 252 g/mol. The van der Waals surface area contributed by atoms with Crippen LogP contribution in [0.25, 0.3) is 10.8 Å². The summed E-state index contributed by atoms with van der Waals surface area (Å²) in [5.41, 5.74) is 12.3. The van der Waals surface area contributed by atoms with Crippen LogP contribution in [0.2, 0.25) is 0 Å². The lowest BCUT2D eigenvalue weighted by atomic mass is 9.96. The molecule has 2 rings (SSSR count). The van der Waals surface area contributed by atoms with Crippen molar-refractivity contribution in [2.45, 2.75) is 12.5 Å². The summed E-state index contributed by atoms with van der Waals surface area (Å²) in [6, 6.07) is 11.3. The minimum Gasteiger partial charge on any atom is -0.508 e. The quantitative estimate of drug-likeness (QED) is 0.785. The highest BCUT2D eigenvalue weighted by atomic mass is 35.5. The number of phenols is 1. The van der Waals surface area contributed by atoms with E-state index in [0.717, 1.165) is 16.3 Å². The molecule has 17 heavy (non-hydrogen) atoms. The zero-order valence-electron chi connectivity index (χ0n) is 9.47. The molecule has 0 aliphatic heterocycles.